The topological polar surface area (TPSA) is 139 Å². The van der Waals surface area contributed by atoms with E-state index in [1.807, 2.05) is 29.3 Å². The van der Waals surface area contributed by atoms with Gasteiger partial charge in [0.25, 0.3) is 11.8 Å². The molecule has 15 heteroatoms. The van der Waals surface area contributed by atoms with Crippen molar-refractivity contribution in [1.82, 2.24) is 20.1 Å². The first-order valence-corrected chi connectivity index (χ1v) is 18.8. The Labute approximate surface area is 316 Å². The zero-order chi connectivity index (χ0) is 38.7. The fourth-order valence-electron chi connectivity index (χ4n) is 7.93. The number of piperazine rings is 1. The van der Waals surface area contributed by atoms with Gasteiger partial charge >= 0.3 is 6.18 Å². The zero-order valence-corrected chi connectivity index (χ0v) is 30.3. The smallest absolute Gasteiger partial charge is 0.417 e. The maximum atomic E-state index is 13.4. The van der Waals surface area contributed by atoms with Crippen LogP contribution in [-0.4, -0.2) is 96.9 Å². The van der Waals surface area contributed by atoms with Gasteiger partial charge in [-0.1, -0.05) is 6.07 Å². The number of unbranched alkanes of at least 4 members (excludes halogenated alkanes) is 2. The third-order valence-electron chi connectivity index (χ3n) is 11.0. The lowest BCUT2D eigenvalue weighted by atomic mass is 9.90. The van der Waals surface area contributed by atoms with Crippen LogP contribution in [0, 0.1) is 11.3 Å². The van der Waals surface area contributed by atoms with E-state index in [1.165, 1.54) is 6.07 Å². The van der Waals surface area contributed by atoms with Crippen molar-refractivity contribution in [2.45, 2.75) is 63.1 Å². The van der Waals surface area contributed by atoms with E-state index < -0.39 is 41.4 Å². The van der Waals surface area contributed by atoms with E-state index in [0.717, 1.165) is 87.0 Å². The predicted molar refractivity (Wildman–Crippen MR) is 196 cm³/mol. The van der Waals surface area contributed by atoms with Gasteiger partial charge in [0.05, 0.1) is 34.9 Å². The van der Waals surface area contributed by atoms with Crippen LogP contribution >= 0.6 is 0 Å². The van der Waals surface area contributed by atoms with Gasteiger partial charge in [-0.3, -0.25) is 34.3 Å². The van der Waals surface area contributed by atoms with Crippen LogP contribution in [0.25, 0.3) is 0 Å². The quantitative estimate of drug-likeness (QED) is 0.207. The van der Waals surface area contributed by atoms with Crippen molar-refractivity contribution in [3.05, 3.63) is 82.5 Å². The molecule has 12 nitrogen and oxygen atoms in total. The highest BCUT2D eigenvalue weighted by Gasteiger charge is 2.45. The summed E-state index contributed by atoms with van der Waals surface area (Å²) in [4.78, 5) is 62.2. The van der Waals surface area contributed by atoms with Crippen LogP contribution in [0.3, 0.4) is 0 Å². The second-order valence-electron chi connectivity index (χ2n) is 14.4. The van der Waals surface area contributed by atoms with Crippen LogP contribution in [0.1, 0.15) is 88.3 Å². The number of nitriles is 1. The number of carbonyl (C=O) groups is 4. The van der Waals surface area contributed by atoms with Crippen LogP contribution in [0.15, 0.2) is 54.7 Å². The van der Waals surface area contributed by atoms with Crippen LogP contribution < -0.4 is 19.9 Å². The molecule has 1 unspecified atom stereocenters. The fraction of sp³-hybridized carbons (Fsp3) is 0.450. The summed E-state index contributed by atoms with van der Waals surface area (Å²) in [6.45, 7) is 6.03. The summed E-state index contributed by atoms with van der Waals surface area (Å²) in [6, 6.07) is 13.7. The number of carbonyl (C=O) groups excluding carboxylic acids is 4. The largest absolute Gasteiger partial charge is 0.478 e. The van der Waals surface area contributed by atoms with Crippen molar-refractivity contribution in [2.24, 2.45) is 0 Å². The van der Waals surface area contributed by atoms with Crippen LogP contribution in [0.4, 0.5) is 24.5 Å². The van der Waals surface area contributed by atoms with Crippen molar-refractivity contribution in [2.75, 3.05) is 62.2 Å². The number of ether oxygens (including phenoxy) is 1. The molecule has 0 aliphatic carbocycles. The van der Waals surface area contributed by atoms with Crippen molar-refractivity contribution in [1.29, 1.82) is 5.26 Å². The van der Waals surface area contributed by atoms with Crippen molar-refractivity contribution in [3.8, 4) is 11.9 Å². The van der Waals surface area contributed by atoms with Crippen molar-refractivity contribution >= 4 is 35.0 Å². The van der Waals surface area contributed by atoms with E-state index in [4.69, 9.17) is 10.00 Å². The van der Waals surface area contributed by atoms with Gasteiger partial charge in [-0.05, 0) is 92.9 Å². The number of halogens is 3. The number of amides is 4. The van der Waals surface area contributed by atoms with E-state index >= 15 is 0 Å². The van der Waals surface area contributed by atoms with Crippen molar-refractivity contribution < 1.29 is 37.1 Å². The monoisotopic (exact) mass is 757 g/mol. The molecule has 7 rings (SSSR count). The maximum absolute atomic E-state index is 13.4. The number of alkyl halides is 3. The van der Waals surface area contributed by atoms with Crippen LogP contribution in [0.2, 0.25) is 0 Å². The Bertz CT molecular complexity index is 1980. The van der Waals surface area contributed by atoms with Gasteiger partial charge in [-0.2, -0.15) is 18.4 Å². The molecule has 2 aromatic carbocycles. The third-order valence-corrected chi connectivity index (χ3v) is 11.0. The Kier molecular flexibility index (Phi) is 11.1. The number of imide groups is 2. The number of nitrogens with zero attached hydrogens (tertiary/aromatic N) is 6. The number of nitrogens with one attached hydrogen (secondary N) is 1. The number of piperidine rings is 2. The lowest BCUT2D eigenvalue weighted by Crippen LogP contribution is -2.54. The first kappa shape index (κ1) is 37.8. The highest BCUT2D eigenvalue weighted by molar-refractivity contribution is 6.23. The molecule has 0 bridgehead atoms. The Balaban J connectivity index is 0.791. The third kappa shape index (κ3) is 8.29. The summed E-state index contributed by atoms with van der Waals surface area (Å²) in [5, 5.41) is 11.3. The molecule has 55 heavy (non-hydrogen) atoms. The van der Waals surface area contributed by atoms with E-state index in [1.54, 1.807) is 24.3 Å². The highest BCUT2D eigenvalue weighted by Crippen LogP contribution is 2.37. The second-order valence-corrected chi connectivity index (χ2v) is 14.4. The number of fused-ring (bicyclic) bond motifs is 1. The molecule has 5 heterocycles. The van der Waals surface area contributed by atoms with E-state index in [9.17, 15) is 32.3 Å². The molecule has 1 atom stereocenters. The Morgan fingerprint density at radius 2 is 1.53 bits per heavy atom. The minimum atomic E-state index is -4.58. The van der Waals surface area contributed by atoms with Gasteiger partial charge in [-0.25, -0.2) is 4.98 Å². The number of aromatic nitrogens is 1. The van der Waals surface area contributed by atoms with Gasteiger partial charge in [0.15, 0.2) is 0 Å². The molecule has 0 radical (unpaired) electrons. The number of pyridine rings is 1. The number of hydrogen-bond acceptors (Lipinski definition) is 10. The molecule has 4 amide bonds. The number of hydrogen-bond donors (Lipinski definition) is 1. The van der Waals surface area contributed by atoms with Gasteiger partial charge in [0.1, 0.15) is 6.04 Å². The first-order chi connectivity index (χ1) is 26.5. The lowest BCUT2D eigenvalue weighted by Gasteiger charge is -2.36. The summed E-state index contributed by atoms with van der Waals surface area (Å²) in [5.41, 5.74) is 1.72. The molecule has 4 aliphatic heterocycles. The van der Waals surface area contributed by atoms with E-state index in [2.05, 4.69) is 20.1 Å². The molecule has 0 saturated carbocycles. The molecule has 3 saturated heterocycles. The highest BCUT2D eigenvalue weighted by atomic mass is 19.4. The van der Waals surface area contributed by atoms with E-state index in [0.29, 0.717) is 31.3 Å². The molecule has 1 N–H and O–H groups in total. The minimum Gasteiger partial charge on any atom is -0.478 e. The summed E-state index contributed by atoms with van der Waals surface area (Å²) in [5.74, 6) is -1.21. The molecule has 288 valence electrons. The Morgan fingerprint density at radius 3 is 2.22 bits per heavy atom. The Morgan fingerprint density at radius 1 is 0.818 bits per heavy atom. The van der Waals surface area contributed by atoms with Gasteiger partial charge < -0.3 is 14.5 Å². The predicted octanol–water partition coefficient (Wildman–Crippen LogP) is 5.13. The molecule has 0 spiro atoms. The number of benzene rings is 2. The van der Waals surface area contributed by atoms with Gasteiger partial charge in [0, 0.05) is 69.3 Å². The van der Waals surface area contributed by atoms with Gasteiger partial charge in [-0.15, -0.1) is 0 Å². The number of rotatable bonds is 11. The molecule has 3 aromatic rings. The molecule has 3 fully saturated rings. The maximum Gasteiger partial charge on any atom is 0.417 e. The molecule has 1 aromatic heterocycles. The normalized spacial score (nSPS) is 19.7. The summed E-state index contributed by atoms with van der Waals surface area (Å²) >= 11 is 0. The van der Waals surface area contributed by atoms with Crippen LogP contribution in [0.5, 0.6) is 5.88 Å². The van der Waals surface area contributed by atoms with Gasteiger partial charge in [0.2, 0.25) is 17.7 Å². The average molecular weight is 758 g/mol. The molecular formula is C40H42F3N7O5. The SMILES string of the molecule is N#Cc1ccc(N2CCC(c3ccc(OCCCCCN4CCN(c5ccc6c(c5)C(=O)N(C5CCC(=O)NC5=O)C6=O)CC4)nc3)CC2)cc1C(F)(F)F. The molecule has 4 aliphatic rings. The summed E-state index contributed by atoms with van der Waals surface area (Å²) in [7, 11) is 0. The van der Waals surface area contributed by atoms with E-state index in [-0.39, 0.29) is 35.4 Å². The second kappa shape index (κ2) is 16.1. The minimum absolute atomic E-state index is 0.0817. The fourth-order valence-corrected chi connectivity index (χ4v) is 7.93. The first-order valence-electron chi connectivity index (χ1n) is 18.8. The molecular weight excluding hydrogens is 715 g/mol. The van der Waals surface area contributed by atoms with Crippen LogP contribution in [-0.2, 0) is 15.8 Å². The lowest BCUT2D eigenvalue weighted by molar-refractivity contribution is -0.138. The Hall–Kier alpha value is -5.49. The average Bonchev–Trinajstić information content (AvgIpc) is 3.44. The summed E-state index contributed by atoms with van der Waals surface area (Å²) in [6.07, 6.45) is 1.94. The number of anilines is 2. The standard InChI is InChI=1S/C40H42F3N7O5/c41-40(42,43)33-23-30(6-4-27(33)24-44)48-15-12-26(13-16-48)28-5-11-36(45-25-28)55-21-3-1-2-14-47-17-19-49(20-18-47)29-7-8-31-32(22-29)39(54)50(38(31)53)34-9-10-35(51)46-37(34)52/h4-8,11,22-23,25-26,34H,1-3,9-10,12-21H2,(H,46,51,52). The summed E-state index contributed by atoms with van der Waals surface area (Å²) < 4.78 is 46.2. The zero-order valence-electron chi connectivity index (χ0n) is 30.3. The van der Waals surface area contributed by atoms with Crippen molar-refractivity contribution in [3.63, 3.8) is 0 Å².